The highest BCUT2D eigenvalue weighted by atomic mass is 16.2. The van der Waals surface area contributed by atoms with Gasteiger partial charge in [0.15, 0.2) is 0 Å². The molecule has 0 fully saturated rings. The molecule has 0 aliphatic carbocycles. The van der Waals surface area contributed by atoms with Gasteiger partial charge in [0.2, 0.25) is 5.91 Å². The van der Waals surface area contributed by atoms with Gasteiger partial charge in [0, 0.05) is 25.8 Å². The van der Waals surface area contributed by atoms with Crippen molar-refractivity contribution >= 4 is 17.5 Å². The summed E-state index contributed by atoms with van der Waals surface area (Å²) in [6.45, 7) is 6.37. The van der Waals surface area contributed by atoms with E-state index in [0.717, 1.165) is 0 Å². The molecule has 19 heavy (non-hydrogen) atoms. The Kier molecular flexibility index (Phi) is 4.97. The third kappa shape index (κ3) is 3.74. The number of carbonyl (C=O) groups excluding carboxylic acids is 2. The predicted octanol–water partition coefficient (Wildman–Crippen LogP) is 0.859. The zero-order chi connectivity index (χ0) is 14.6. The van der Waals surface area contributed by atoms with E-state index in [1.165, 1.54) is 4.90 Å². The first-order chi connectivity index (χ1) is 8.86. The Hall–Kier alpha value is -1.98. The Bertz CT molecular complexity index is 465. The van der Waals surface area contributed by atoms with Crippen LogP contribution in [0.3, 0.4) is 0 Å². The predicted molar refractivity (Wildman–Crippen MR) is 74.9 cm³/mol. The van der Waals surface area contributed by atoms with E-state index in [-0.39, 0.29) is 24.4 Å². The Morgan fingerprint density at radius 1 is 1.47 bits per heavy atom. The number of nitrogens with one attached hydrogen (secondary N) is 1. The molecule has 2 amide bonds. The summed E-state index contributed by atoms with van der Waals surface area (Å²) in [5.74, 6) is -0.384. The largest absolute Gasteiger partial charge is 0.397 e. The molecule has 0 unspecified atom stereocenters. The maximum atomic E-state index is 12.3. The third-order valence-electron chi connectivity index (χ3n) is 2.75. The molecule has 0 saturated heterocycles. The molecule has 0 aromatic carbocycles. The Morgan fingerprint density at radius 3 is 2.63 bits per heavy atom. The van der Waals surface area contributed by atoms with Crippen LogP contribution in [-0.2, 0) is 4.79 Å². The van der Waals surface area contributed by atoms with E-state index < -0.39 is 0 Å². The number of nitrogen functional groups attached to an aromatic ring is 1. The second-order valence-corrected chi connectivity index (χ2v) is 4.77. The van der Waals surface area contributed by atoms with Gasteiger partial charge < -0.3 is 20.5 Å². The Morgan fingerprint density at radius 2 is 2.11 bits per heavy atom. The summed E-state index contributed by atoms with van der Waals surface area (Å²) in [6.07, 6.45) is 1.73. The molecule has 1 heterocycles. The molecular weight excluding hydrogens is 244 g/mol. The minimum atomic E-state index is -0.211. The topological polar surface area (TPSA) is 80.4 Å². The van der Waals surface area contributed by atoms with Crippen molar-refractivity contribution in [2.45, 2.75) is 26.8 Å². The van der Waals surface area contributed by atoms with Crippen molar-refractivity contribution in [1.29, 1.82) is 0 Å². The quantitative estimate of drug-likeness (QED) is 0.829. The fraction of sp³-hybridized carbons (Fsp3) is 0.538. The van der Waals surface area contributed by atoms with E-state index in [9.17, 15) is 9.59 Å². The minimum Gasteiger partial charge on any atom is -0.397 e. The standard InChI is InChI=1S/C13H22N4O2/c1-5-15-12(18)8-16(4)13(19)11-6-10(14)7-17(11)9(2)3/h6-7,9H,5,8,14H2,1-4H3,(H,15,18). The maximum absolute atomic E-state index is 12.3. The highest BCUT2D eigenvalue weighted by Crippen LogP contribution is 2.17. The number of hydrogen-bond acceptors (Lipinski definition) is 3. The molecule has 106 valence electrons. The van der Waals surface area contributed by atoms with Crippen molar-refractivity contribution in [3.05, 3.63) is 18.0 Å². The van der Waals surface area contributed by atoms with E-state index in [4.69, 9.17) is 5.73 Å². The number of amides is 2. The van der Waals surface area contributed by atoms with Crippen molar-refractivity contribution in [3.63, 3.8) is 0 Å². The van der Waals surface area contributed by atoms with Crippen LogP contribution in [0.25, 0.3) is 0 Å². The highest BCUT2D eigenvalue weighted by molar-refractivity contribution is 5.96. The zero-order valence-corrected chi connectivity index (χ0v) is 11.9. The number of carbonyl (C=O) groups is 2. The van der Waals surface area contributed by atoms with Crippen LogP contribution in [0.1, 0.15) is 37.3 Å². The van der Waals surface area contributed by atoms with Gasteiger partial charge in [-0.05, 0) is 26.8 Å². The molecule has 0 aliphatic rings. The van der Waals surface area contributed by atoms with Crippen LogP contribution in [0.4, 0.5) is 5.69 Å². The Labute approximate surface area is 113 Å². The van der Waals surface area contributed by atoms with Crippen molar-refractivity contribution in [3.8, 4) is 0 Å². The molecule has 1 aromatic rings. The highest BCUT2D eigenvalue weighted by Gasteiger charge is 2.19. The summed E-state index contributed by atoms with van der Waals surface area (Å²) in [5.41, 5.74) is 6.78. The molecular formula is C13H22N4O2. The van der Waals surface area contributed by atoms with E-state index in [2.05, 4.69) is 5.32 Å². The van der Waals surface area contributed by atoms with Crippen LogP contribution in [0.2, 0.25) is 0 Å². The molecule has 0 aliphatic heterocycles. The summed E-state index contributed by atoms with van der Waals surface area (Å²) in [5, 5.41) is 2.66. The normalized spacial score (nSPS) is 10.6. The fourth-order valence-corrected chi connectivity index (χ4v) is 1.84. The van der Waals surface area contributed by atoms with Crippen LogP contribution < -0.4 is 11.1 Å². The number of likely N-dealkylation sites (N-methyl/N-ethyl adjacent to an activating group) is 2. The first-order valence-electron chi connectivity index (χ1n) is 6.36. The SMILES string of the molecule is CCNC(=O)CN(C)C(=O)c1cc(N)cn1C(C)C. The second kappa shape index (κ2) is 6.26. The van der Waals surface area contributed by atoms with Crippen molar-refractivity contribution in [1.82, 2.24) is 14.8 Å². The van der Waals surface area contributed by atoms with Gasteiger partial charge in [0.25, 0.3) is 5.91 Å². The molecule has 0 atom stereocenters. The molecule has 3 N–H and O–H groups in total. The van der Waals surface area contributed by atoms with Crippen LogP contribution in [0.15, 0.2) is 12.3 Å². The molecule has 6 nitrogen and oxygen atoms in total. The van der Waals surface area contributed by atoms with Crippen molar-refractivity contribution < 1.29 is 9.59 Å². The summed E-state index contributed by atoms with van der Waals surface area (Å²) in [4.78, 5) is 25.2. The summed E-state index contributed by atoms with van der Waals surface area (Å²) >= 11 is 0. The van der Waals surface area contributed by atoms with Gasteiger partial charge in [0.1, 0.15) is 5.69 Å². The molecule has 0 spiro atoms. The summed E-state index contributed by atoms with van der Waals surface area (Å²) in [6, 6.07) is 1.77. The summed E-state index contributed by atoms with van der Waals surface area (Å²) < 4.78 is 1.81. The zero-order valence-electron chi connectivity index (χ0n) is 11.9. The average molecular weight is 266 g/mol. The second-order valence-electron chi connectivity index (χ2n) is 4.77. The van der Waals surface area contributed by atoms with Crippen LogP contribution >= 0.6 is 0 Å². The number of aromatic nitrogens is 1. The van der Waals surface area contributed by atoms with Crippen molar-refractivity contribution in [2.75, 3.05) is 25.9 Å². The van der Waals surface area contributed by atoms with Gasteiger partial charge in [-0.2, -0.15) is 0 Å². The lowest BCUT2D eigenvalue weighted by Gasteiger charge is -2.19. The molecule has 1 aromatic heterocycles. The molecule has 0 saturated carbocycles. The van der Waals surface area contributed by atoms with Gasteiger partial charge in [-0.15, -0.1) is 0 Å². The first-order valence-corrected chi connectivity index (χ1v) is 6.36. The molecule has 0 bridgehead atoms. The number of nitrogens with two attached hydrogens (primary N) is 1. The van der Waals surface area contributed by atoms with Gasteiger partial charge in [-0.1, -0.05) is 0 Å². The van der Waals surface area contributed by atoms with Crippen LogP contribution in [0, 0.1) is 0 Å². The van der Waals surface area contributed by atoms with Crippen LogP contribution in [0.5, 0.6) is 0 Å². The van der Waals surface area contributed by atoms with E-state index in [1.54, 1.807) is 19.3 Å². The minimum absolute atomic E-state index is 0.0376. The average Bonchev–Trinajstić information content (AvgIpc) is 2.70. The monoisotopic (exact) mass is 266 g/mol. The number of nitrogens with zero attached hydrogens (tertiary/aromatic N) is 2. The van der Waals surface area contributed by atoms with Gasteiger partial charge in [0.05, 0.1) is 12.2 Å². The number of hydrogen-bond donors (Lipinski definition) is 2. The van der Waals surface area contributed by atoms with Gasteiger partial charge in [-0.3, -0.25) is 9.59 Å². The van der Waals surface area contributed by atoms with E-state index in [1.807, 2.05) is 25.3 Å². The van der Waals surface area contributed by atoms with Gasteiger partial charge >= 0.3 is 0 Å². The number of anilines is 1. The Balaban J connectivity index is 2.85. The maximum Gasteiger partial charge on any atom is 0.270 e. The van der Waals surface area contributed by atoms with Gasteiger partial charge in [-0.25, -0.2) is 0 Å². The lowest BCUT2D eigenvalue weighted by molar-refractivity contribution is -0.121. The first kappa shape index (κ1) is 15.1. The third-order valence-corrected chi connectivity index (χ3v) is 2.75. The van der Waals surface area contributed by atoms with Crippen molar-refractivity contribution in [2.24, 2.45) is 0 Å². The number of rotatable bonds is 5. The smallest absolute Gasteiger partial charge is 0.270 e. The van der Waals surface area contributed by atoms with Crippen LogP contribution in [-0.4, -0.2) is 41.4 Å². The lowest BCUT2D eigenvalue weighted by Crippen LogP contribution is -2.39. The molecule has 6 heteroatoms. The fourth-order valence-electron chi connectivity index (χ4n) is 1.84. The van der Waals surface area contributed by atoms with E-state index in [0.29, 0.717) is 17.9 Å². The molecule has 1 rings (SSSR count). The molecule has 0 radical (unpaired) electrons. The summed E-state index contributed by atoms with van der Waals surface area (Å²) in [7, 11) is 1.60. The van der Waals surface area contributed by atoms with E-state index >= 15 is 0 Å². The lowest BCUT2D eigenvalue weighted by atomic mass is 10.3.